The topological polar surface area (TPSA) is 58.6 Å². The lowest BCUT2D eigenvalue weighted by molar-refractivity contribution is -0.113. The number of rotatable bonds is 7. The first-order valence-electron chi connectivity index (χ1n) is 11.4. The molecule has 182 valence electrons. The molecule has 1 aliphatic rings. The van der Waals surface area contributed by atoms with E-state index in [0.717, 1.165) is 28.3 Å². The minimum atomic E-state index is -0.735. The van der Waals surface area contributed by atoms with Gasteiger partial charge in [-0.25, -0.2) is 8.78 Å². The molecular weight excluding hydrogens is 470 g/mol. The zero-order chi connectivity index (χ0) is 24.8. The Morgan fingerprint density at radius 1 is 1.03 bits per heavy atom. The summed E-state index contributed by atoms with van der Waals surface area (Å²) in [6, 6.07) is 18.1. The van der Waals surface area contributed by atoms with Crippen LogP contribution in [0.4, 0.5) is 14.5 Å². The molecule has 0 spiro atoms. The van der Waals surface area contributed by atoms with Crippen molar-refractivity contribution in [1.29, 1.82) is 0 Å². The Balaban J connectivity index is 1.32. The number of nitrogens with one attached hydrogen (secondary N) is 1. The molecule has 4 rings (SSSR count). The van der Waals surface area contributed by atoms with Crippen LogP contribution in [0.5, 0.6) is 5.75 Å². The van der Waals surface area contributed by atoms with Crippen LogP contribution in [0.25, 0.3) is 0 Å². The van der Waals surface area contributed by atoms with Crippen molar-refractivity contribution < 1.29 is 23.1 Å². The molecule has 0 saturated carbocycles. The first-order chi connectivity index (χ1) is 16.9. The molecule has 3 aromatic carbocycles. The number of carbonyl (C=O) groups is 2. The van der Waals surface area contributed by atoms with Crippen molar-refractivity contribution >= 4 is 29.3 Å². The van der Waals surface area contributed by atoms with Crippen molar-refractivity contribution in [2.45, 2.75) is 30.8 Å². The molecule has 35 heavy (non-hydrogen) atoms. The zero-order valence-corrected chi connectivity index (χ0v) is 20.1. The molecule has 2 amide bonds. The van der Waals surface area contributed by atoms with Crippen LogP contribution < -0.4 is 10.1 Å². The molecule has 0 aliphatic carbocycles. The van der Waals surface area contributed by atoms with E-state index in [1.807, 2.05) is 43.3 Å². The Morgan fingerprint density at radius 3 is 2.46 bits per heavy atom. The van der Waals surface area contributed by atoms with Gasteiger partial charge in [-0.3, -0.25) is 9.59 Å². The second kappa shape index (κ2) is 11.4. The van der Waals surface area contributed by atoms with E-state index in [2.05, 4.69) is 5.32 Å². The summed E-state index contributed by atoms with van der Waals surface area (Å²) in [6.45, 7) is 2.90. The number of piperidine rings is 1. The summed E-state index contributed by atoms with van der Waals surface area (Å²) in [5, 5.41) is 2.87. The Bertz CT molecular complexity index is 1200. The molecule has 1 saturated heterocycles. The summed E-state index contributed by atoms with van der Waals surface area (Å²) in [5.41, 5.74) is 2.39. The molecule has 0 unspecified atom stereocenters. The third kappa shape index (κ3) is 6.60. The molecule has 1 aliphatic heterocycles. The molecule has 0 atom stereocenters. The lowest BCUT2D eigenvalue weighted by atomic mass is 10.1. The Hall–Kier alpha value is -3.39. The quantitative estimate of drug-likeness (QED) is 0.427. The number of nitrogens with zero attached hydrogens (tertiary/aromatic N) is 1. The number of aryl methyl sites for hydroxylation is 1. The number of hydrogen-bond acceptors (Lipinski definition) is 4. The highest BCUT2D eigenvalue weighted by atomic mass is 32.2. The fourth-order valence-corrected chi connectivity index (χ4v) is 4.69. The normalized spacial score (nSPS) is 14.0. The smallest absolute Gasteiger partial charge is 0.254 e. The monoisotopic (exact) mass is 496 g/mol. The van der Waals surface area contributed by atoms with E-state index in [0.29, 0.717) is 31.5 Å². The van der Waals surface area contributed by atoms with Gasteiger partial charge in [-0.1, -0.05) is 29.8 Å². The number of hydrogen-bond donors (Lipinski definition) is 1. The fourth-order valence-electron chi connectivity index (χ4n) is 3.84. The largest absolute Gasteiger partial charge is 0.487 e. The Kier molecular flexibility index (Phi) is 8.02. The van der Waals surface area contributed by atoms with Gasteiger partial charge in [0.15, 0.2) is 11.6 Å². The summed E-state index contributed by atoms with van der Waals surface area (Å²) in [4.78, 5) is 28.1. The second-order valence-electron chi connectivity index (χ2n) is 8.38. The molecule has 3 aromatic rings. The van der Waals surface area contributed by atoms with Gasteiger partial charge in [0, 0.05) is 42.6 Å². The van der Waals surface area contributed by atoms with Gasteiger partial charge in [0.2, 0.25) is 5.91 Å². The van der Waals surface area contributed by atoms with Crippen LogP contribution in [0, 0.1) is 18.6 Å². The van der Waals surface area contributed by atoms with Crippen LogP contribution in [0.1, 0.15) is 28.8 Å². The van der Waals surface area contributed by atoms with Gasteiger partial charge in [-0.05, 0) is 43.3 Å². The predicted molar refractivity (Wildman–Crippen MR) is 133 cm³/mol. The van der Waals surface area contributed by atoms with Crippen molar-refractivity contribution in [1.82, 2.24) is 4.90 Å². The van der Waals surface area contributed by atoms with Gasteiger partial charge in [0.1, 0.15) is 11.9 Å². The number of amides is 2. The molecule has 1 heterocycles. The van der Waals surface area contributed by atoms with Crippen LogP contribution in [0.3, 0.4) is 0 Å². The van der Waals surface area contributed by atoms with Gasteiger partial charge >= 0.3 is 0 Å². The molecule has 1 fully saturated rings. The minimum Gasteiger partial charge on any atom is -0.487 e. The van der Waals surface area contributed by atoms with Crippen LogP contribution in [0.15, 0.2) is 71.6 Å². The fraction of sp³-hybridized carbons (Fsp3) is 0.259. The SMILES string of the molecule is Cc1ccc(NC(=O)CSc2ccccc2C(=O)N2CCC(Oc3ccc(F)cc3F)CC2)cc1. The van der Waals surface area contributed by atoms with E-state index in [1.165, 1.54) is 17.8 Å². The number of ether oxygens (including phenoxy) is 1. The van der Waals surface area contributed by atoms with E-state index < -0.39 is 11.6 Å². The average Bonchev–Trinajstić information content (AvgIpc) is 2.86. The van der Waals surface area contributed by atoms with Gasteiger partial charge in [0.05, 0.1) is 11.3 Å². The van der Waals surface area contributed by atoms with Crippen molar-refractivity contribution in [3.8, 4) is 5.75 Å². The highest BCUT2D eigenvalue weighted by Gasteiger charge is 2.26. The maximum absolute atomic E-state index is 13.9. The summed E-state index contributed by atoms with van der Waals surface area (Å²) < 4.78 is 32.7. The minimum absolute atomic E-state index is 0.0156. The molecule has 0 bridgehead atoms. The van der Waals surface area contributed by atoms with Gasteiger partial charge in [-0.15, -0.1) is 11.8 Å². The van der Waals surface area contributed by atoms with Crippen LogP contribution >= 0.6 is 11.8 Å². The zero-order valence-electron chi connectivity index (χ0n) is 19.3. The number of benzene rings is 3. The Morgan fingerprint density at radius 2 is 1.74 bits per heavy atom. The number of thioether (sulfide) groups is 1. The molecular formula is C27H26F2N2O3S. The summed E-state index contributed by atoms with van der Waals surface area (Å²) in [5.74, 6) is -1.45. The highest BCUT2D eigenvalue weighted by Crippen LogP contribution is 2.27. The van der Waals surface area contributed by atoms with Crippen molar-refractivity contribution in [2.75, 3.05) is 24.2 Å². The van der Waals surface area contributed by atoms with Crippen molar-refractivity contribution in [2.24, 2.45) is 0 Å². The van der Waals surface area contributed by atoms with Gasteiger partial charge in [-0.2, -0.15) is 0 Å². The van der Waals surface area contributed by atoms with E-state index in [1.54, 1.807) is 17.0 Å². The standard InChI is InChI=1S/C27H26F2N2O3S/c1-18-6-9-20(10-7-18)30-26(32)17-35-25-5-3-2-4-22(25)27(33)31-14-12-21(13-15-31)34-24-11-8-19(28)16-23(24)29/h2-11,16,21H,12-15,17H2,1H3,(H,30,32). The summed E-state index contributed by atoms with van der Waals surface area (Å²) in [6.07, 6.45) is 0.822. The van der Waals surface area contributed by atoms with E-state index in [4.69, 9.17) is 4.74 Å². The average molecular weight is 497 g/mol. The van der Waals surface area contributed by atoms with Gasteiger partial charge < -0.3 is 15.0 Å². The lowest BCUT2D eigenvalue weighted by Gasteiger charge is -2.32. The number of anilines is 1. The molecule has 8 heteroatoms. The molecule has 5 nitrogen and oxygen atoms in total. The highest BCUT2D eigenvalue weighted by molar-refractivity contribution is 8.00. The van der Waals surface area contributed by atoms with E-state index in [9.17, 15) is 18.4 Å². The number of halogens is 2. The third-order valence-corrected chi connectivity index (χ3v) is 6.80. The summed E-state index contributed by atoms with van der Waals surface area (Å²) >= 11 is 1.32. The second-order valence-corrected chi connectivity index (χ2v) is 9.40. The van der Waals surface area contributed by atoms with E-state index >= 15 is 0 Å². The van der Waals surface area contributed by atoms with E-state index in [-0.39, 0.29) is 29.4 Å². The van der Waals surface area contributed by atoms with Crippen molar-refractivity contribution in [3.63, 3.8) is 0 Å². The van der Waals surface area contributed by atoms with Crippen LogP contribution in [-0.4, -0.2) is 41.7 Å². The van der Waals surface area contributed by atoms with Crippen LogP contribution in [-0.2, 0) is 4.79 Å². The Labute approximate surface area is 207 Å². The predicted octanol–water partition coefficient (Wildman–Crippen LogP) is 5.69. The van der Waals surface area contributed by atoms with Crippen molar-refractivity contribution in [3.05, 3.63) is 89.5 Å². The number of likely N-dealkylation sites (tertiary alicyclic amines) is 1. The molecule has 0 radical (unpaired) electrons. The third-order valence-electron chi connectivity index (χ3n) is 5.73. The maximum Gasteiger partial charge on any atom is 0.254 e. The molecule has 0 aromatic heterocycles. The maximum atomic E-state index is 13.9. The first kappa shape index (κ1) is 24.7. The van der Waals surface area contributed by atoms with Crippen LogP contribution in [0.2, 0.25) is 0 Å². The first-order valence-corrected chi connectivity index (χ1v) is 12.4. The lowest BCUT2D eigenvalue weighted by Crippen LogP contribution is -2.42. The summed E-state index contributed by atoms with van der Waals surface area (Å²) in [7, 11) is 0. The molecule has 1 N–H and O–H groups in total. The van der Waals surface area contributed by atoms with Gasteiger partial charge in [0.25, 0.3) is 5.91 Å². The number of carbonyl (C=O) groups excluding carboxylic acids is 2.